The van der Waals surface area contributed by atoms with Gasteiger partial charge in [0.1, 0.15) is 0 Å². The number of benzene rings is 1. The molecule has 0 amide bonds. The van der Waals surface area contributed by atoms with Crippen LogP contribution in [-0.4, -0.2) is 30.6 Å². The molecular weight excluding hydrogens is 241 g/mol. The fraction of sp³-hybridized carbons (Fsp3) is 0.364. The summed E-state index contributed by atoms with van der Waals surface area (Å²) >= 11 is 0. The molecule has 17 heavy (non-hydrogen) atoms. The molecule has 5 nitrogen and oxygen atoms in total. The third kappa shape index (κ3) is 5.75. The zero-order valence-electron chi connectivity index (χ0n) is 10.2. The van der Waals surface area contributed by atoms with Crippen LogP contribution in [0.5, 0.6) is 0 Å². The minimum absolute atomic E-state index is 0.167. The van der Waals surface area contributed by atoms with E-state index in [4.69, 9.17) is 9.15 Å². The second-order valence-corrected chi connectivity index (χ2v) is 8.42. The average molecular weight is 259 g/mol. The summed E-state index contributed by atoms with van der Waals surface area (Å²) in [7, 11) is -3.75. The second-order valence-electron chi connectivity index (χ2n) is 4.35. The van der Waals surface area contributed by atoms with Crippen molar-refractivity contribution in [2.45, 2.75) is 6.92 Å². The predicted octanol–water partition coefficient (Wildman–Crippen LogP) is 2.19. The first-order valence-corrected chi connectivity index (χ1v) is 8.09. The Kier molecular flexibility index (Phi) is 4.22. The Morgan fingerprint density at radius 1 is 1.35 bits per heavy atom. The van der Waals surface area contributed by atoms with Crippen LogP contribution >= 0.6 is 7.28 Å². The quantitative estimate of drug-likeness (QED) is 0.605. The van der Waals surface area contributed by atoms with Crippen LogP contribution in [0.25, 0.3) is 0 Å². The molecule has 96 valence electrons. The van der Waals surface area contributed by atoms with Gasteiger partial charge < -0.3 is 0 Å². The van der Waals surface area contributed by atoms with Crippen LogP contribution in [-0.2, 0) is 13.9 Å². The van der Waals surface area contributed by atoms with Crippen molar-refractivity contribution < 1.29 is 18.8 Å². The zero-order chi connectivity index (χ0) is 13.0. The maximum absolute atomic E-state index is 10.8. The van der Waals surface area contributed by atoms with E-state index in [1.807, 2.05) is 18.2 Å². The number of Topliss-reactive ketones (excluding diaryl/α,β-unsaturated/α-hetero) is 1. The van der Waals surface area contributed by atoms with E-state index >= 15 is 0 Å². The first kappa shape index (κ1) is 14.1. The van der Waals surface area contributed by atoms with Gasteiger partial charge in [-0.25, -0.2) is 0 Å². The van der Waals surface area contributed by atoms with E-state index in [2.05, 4.69) is 5.48 Å². The molecule has 2 N–H and O–H groups in total. The molecule has 0 saturated carbocycles. The van der Waals surface area contributed by atoms with E-state index in [9.17, 15) is 9.69 Å². The zero-order valence-corrected chi connectivity index (χ0v) is 11.1. The van der Waals surface area contributed by atoms with Crippen LogP contribution in [0.15, 0.2) is 30.3 Å². The molecule has 0 spiro atoms. The fourth-order valence-corrected chi connectivity index (χ4v) is 1.96. The monoisotopic (exact) mass is 259 g/mol. The Balaban J connectivity index is 2.56. The van der Waals surface area contributed by atoms with Gasteiger partial charge in [0.25, 0.3) is 0 Å². The first-order chi connectivity index (χ1) is 7.76. The summed E-state index contributed by atoms with van der Waals surface area (Å²) in [5.74, 6) is -0.167. The van der Waals surface area contributed by atoms with Crippen molar-refractivity contribution in [3.05, 3.63) is 30.3 Å². The summed E-state index contributed by atoms with van der Waals surface area (Å²) in [6, 6.07) is 9.11. The van der Waals surface area contributed by atoms with E-state index in [1.54, 1.807) is 12.1 Å². The Morgan fingerprint density at radius 3 is 2.47 bits per heavy atom. The number of hydrogen-bond acceptors (Lipinski definition) is 5. The summed E-state index contributed by atoms with van der Waals surface area (Å²) in [4.78, 5) is 21.0. The summed E-state index contributed by atoms with van der Waals surface area (Å²) in [6.07, 6.45) is 0. The van der Waals surface area contributed by atoms with Crippen LogP contribution in [0.3, 0.4) is 0 Å². The van der Waals surface area contributed by atoms with Gasteiger partial charge >= 0.3 is 100 Å². The van der Waals surface area contributed by atoms with Gasteiger partial charge in [-0.2, -0.15) is 0 Å². The number of anilines is 1. The Bertz CT molecular complexity index is 385. The van der Waals surface area contributed by atoms with Crippen molar-refractivity contribution >= 4 is 18.8 Å². The summed E-state index contributed by atoms with van der Waals surface area (Å²) in [5.41, 5.74) is 3.32. The number of nitrogens with one attached hydrogen (secondary N) is 1. The van der Waals surface area contributed by atoms with E-state index in [0.717, 1.165) is 0 Å². The Hall–Kier alpha value is -1.00. The third-order valence-corrected chi connectivity index (χ3v) is 3.31. The molecule has 0 bridgehead atoms. The molecule has 1 aromatic rings. The molecule has 0 saturated heterocycles. The van der Waals surface area contributed by atoms with Gasteiger partial charge in [0.05, 0.1) is 0 Å². The van der Waals surface area contributed by atoms with Crippen molar-refractivity contribution in [2.75, 3.05) is 25.4 Å². The number of carbonyl (C=O) groups excluding carboxylic acids is 1. The normalized spacial score (nSPS) is 13.8. The van der Waals surface area contributed by atoms with Crippen LogP contribution in [0.4, 0.5) is 5.69 Å². The maximum atomic E-state index is 10.8. The molecule has 0 unspecified atom stereocenters. The predicted molar refractivity (Wildman–Crippen MR) is 68.8 cm³/mol. The number of ketones is 1. The number of rotatable bonds is 6. The first-order valence-electron chi connectivity index (χ1n) is 5.17. The molecule has 0 aromatic heterocycles. The molecule has 0 aliphatic carbocycles. The van der Waals surface area contributed by atoms with Crippen LogP contribution < -0.4 is 5.48 Å². The SMILES string of the molecule is CC(=O)COP(C)(C)(O)ONc1ccccc1. The molecule has 0 fully saturated rings. The van der Waals surface area contributed by atoms with E-state index in [-0.39, 0.29) is 12.4 Å². The summed E-state index contributed by atoms with van der Waals surface area (Å²) in [5, 5.41) is 0. The van der Waals surface area contributed by atoms with Crippen molar-refractivity contribution in [2.24, 2.45) is 0 Å². The molecule has 0 aliphatic rings. The second kappa shape index (κ2) is 5.10. The van der Waals surface area contributed by atoms with E-state index in [1.165, 1.54) is 20.3 Å². The van der Waals surface area contributed by atoms with Crippen molar-refractivity contribution in [3.8, 4) is 0 Å². The summed E-state index contributed by atoms with van der Waals surface area (Å²) in [6.45, 7) is 4.11. The van der Waals surface area contributed by atoms with E-state index < -0.39 is 7.28 Å². The van der Waals surface area contributed by atoms with Gasteiger partial charge in [-0.1, -0.05) is 0 Å². The number of carbonyl (C=O) groups is 1. The molecule has 1 aromatic carbocycles. The van der Waals surface area contributed by atoms with Crippen molar-refractivity contribution in [1.29, 1.82) is 0 Å². The van der Waals surface area contributed by atoms with Gasteiger partial charge in [0.2, 0.25) is 0 Å². The topological polar surface area (TPSA) is 67.8 Å². The van der Waals surface area contributed by atoms with Gasteiger partial charge in [-0.3, -0.25) is 0 Å². The molecule has 1 rings (SSSR count). The summed E-state index contributed by atoms with van der Waals surface area (Å²) < 4.78 is 10.4. The molecule has 0 heterocycles. The molecule has 0 atom stereocenters. The fourth-order valence-electron chi connectivity index (χ4n) is 0.991. The standard InChI is InChI=1S/C11H18NO4P/c1-10(13)9-15-17(2,3,14)16-12-11-7-5-4-6-8-11/h4-8,12,14H,9H2,1-3H3. The van der Waals surface area contributed by atoms with Gasteiger partial charge in [-0.15, -0.1) is 0 Å². The molecule has 0 radical (unpaired) electrons. The number of hydrogen-bond donors (Lipinski definition) is 2. The third-order valence-electron chi connectivity index (χ3n) is 1.83. The van der Waals surface area contributed by atoms with E-state index in [0.29, 0.717) is 5.69 Å². The van der Waals surface area contributed by atoms with Crippen LogP contribution in [0.1, 0.15) is 6.92 Å². The molecule has 6 heteroatoms. The Morgan fingerprint density at radius 2 is 1.94 bits per heavy atom. The van der Waals surface area contributed by atoms with Crippen LogP contribution in [0.2, 0.25) is 0 Å². The van der Waals surface area contributed by atoms with Gasteiger partial charge in [0, 0.05) is 0 Å². The Labute approximate surface area is 101 Å². The van der Waals surface area contributed by atoms with Crippen LogP contribution in [0, 0.1) is 0 Å². The minimum atomic E-state index is -3.75. The van der Waals surface area contributed by atoms with Gasteiger partial charge in [-0.05, 0) is 0 Å². The average Bonchev–Trinajstić information content (AvgIpc) is 2.26. The molecular formula is C11H18NO4P. The molecule has 0 aliphatic heterocycles. The number of para-hydroxylation sites is 1. The van der Waals surface area contributed by atoms with Crippen molar-refractivity contribution in [1.82, 2.24) is 0 Å². The van der Waals surface area contributed by atoms with Crippen molar-refractivity contribution in [3.63, 3.8) is 0 Å². The van der Waals surface area contributed by atoms with Gasteiger partial charge in [0.15, 0.2) is 0 Å².